The molecule has 2 rings (SSSR count). The number of hydrogen-bond donors (Lipinski definition) is 0. The first-order valence-corrected chi connectivity index (χ1v) is 9.52. The van der Waals surface area contributed by atoms with Crippen LogP contribution in [0.4, 0.5) is 0 Å². The number of nitrogens with zero attached hydrogens (tertiary/aromatic N) is 3. The van der Waals surface area contributed by atoms with Crippen LogP contribution in [0.2, 0.25) is 5.02 Å². The average Bonchev–Trinajstić information content (AvgIpc) is 2.91. The van der Waals surface area contributed by atoms with Crippen LogP contribution in [0, 0.1) is 0 Å². The smallest absolute Gasteiger partial charge is 0.233 e. The number of carbonyl (C=O) groups is 1. The monoisotopic (exact) mass is 381 g/mol. The van der Waals surface area contributed by atoms with E-state index >= 15 is 0 Å². The van der Waals surface area contributed by atoms with Gasteiger partial charge in [0.15, 0.2) is 5.16 Å². The molecule has 0 saturated heterocycles. The van der Waals surface area contributed by atoms with E-state index in [1.165, 1.54) is 11.8 Å². The molecule has 5 nitrogen and oxygen atoms in total. The van der Waals surface area contributed by atoms with Gasteiger partial charge in [-0.15, -0.1) is 0 Å². The van der Waals surface area contributed by atoms with E-state index < -0.39 is 0 Å². The molecule has 1 heterocycles. The van der Waals surface area contributed by atoms with Crippen LogP contribution in [0.5, 0.6) is 0 Å². The highest BCUT2D eigenvalue weighted by molar-refractivity contribution is 7.99. The molecule has 1 aromatic carbocycles. The largest absolute Gasteiger partial charge is 0.383 e. The number of imidazole rings is 1. The molecule has 136 valence electrons. The molecule has 25 heavy (non-hydrogen) atoms. The third kappa shape index (κ3) is 5.23. The van der Waals surface area contributed by atoms with E-state index in [0.29, 0.717) is 37.0 Å². The lowest BCUT2D eigenvalue weighted by Gasteiger charge is -2.20. The summed E-state index contributed by atoms with van der Waals surface area (Å²) in [4.78, 5) is 18.9. The fourth-order valence-electron chi connectivity index (χ4n) is 2.51. The van der Waals surface area contributed by atoms with E-state index in [2.05, 4.69) is 16.1 Å². The maximum atomic E-state index is 12.5. The van der Waals surface area contributed by atoms with Gasteiger partial charge >= 0.3 is 0 Å². The number of rotatable bonds is 9. The minimum atomic E-state index is 0.0823. The summed E-state index contributed by atoms with van der Waals surface area (Å²) in [6.45, 7) is 10.3. The summed E-state index contributed by atoms with van der Waals surface area (Å²) in [7, 11) is 1.67. The maximum absolute atomic E-state index is 12.5. The van der Waals surface area contributed by atoms with Crippen LogP contribution in [-0.2, 0) is 16.1 Å². The standard InChI is InChI=1S/C18H24ClN3O2S/c1-5-21(11-13(2)3)17(23)12-25-18-20-15-10-14(19)6-7-16(15)22(18)8-9-24-4/h6-7,10H,2,5,8-9,11-12H2,1,3-4H3. The summed E-state index contributed by atoms with van der Waals surface area (Å²) < 4.78 is 7.27. The fourth-order valence-corrected chi connectivity index (χ4v) is 3.62. The topological polar surface area (TPSA) is 47.4 Å². The number of amides is 1. The van der Waals surface area contributed by atoms with Crippen molar-refractivity contribution in [2.45, 2.75) is 25.5 Å². The second kappa shape index (κ2) is 9.27. The Morgan fingerprint density at radius 2 is 2.24 bits per heavy atom. The van der Waals surface area contributed by atoms with Gasteiger partial charge in [-0.1, -0.05) is 35.5 Å². The second-order valence-corrected chi connectivity index (χ2v) is 7.20. The van der Waals surface area contributed by atoms with Crippen molar-refractivity contribution in [2.75, 3.05) is 32.6 Å². The number of fused-ring (bicyclic) bond motifs is 1. The predicted octanol–water partition coefficient (Wildman–Crippen LogP) is 3.85. The van der Waals surface area contributed by atoms with Crippen LogP contribution in [0.3, 0.4) is 0 Å². The van der Waals surface area contributed by atoms with Gasteiger partial charge in [0.25, 0.3) is 0 Å². The van der Waals surface area contributed by atoms with E-state index in [1.54, 1.807) is 12.0 Å². The Morgan fingerprint density at radius 1 is 1.48 bits per heavy atom. The van der Waals surface area contributed by atoms with Crippen LogP contribution >= 0.6 is 23.4 Å². The minimum absolute atomic E-state index is 0.0823. The van der Waals surface area contributed by atoms with Crippen molar-refractivity contribution < 1.29 is 9.53 Å². The first-order valence-electron chi connectivity index (χ1n) is 8.16. The molecule has 0 aliphatic heterocycles. The Balaban J connectivity index is 2.18. The number of likely N-dealkylation sites (N-methyl/N-ethyl adjacent to an activating group) is 1. The lowest BCUT2D eigenvalue weighted by molar-refractivity contribution is -0.127. The number of aromatic nitrogens is 2. The summed E-state index contributed by atoms with van der Waals surface area (Å²) in [5.74, 6) is 0.421. The molecule has 0 N–H and O–H groups in total. The molecule has 0 radical (unpaired) electrons. The van der Waals surface area contributed by atoms with Crippen LogP contribution in [0.15, 0.2) is 35.5 Å². The molecule has 1 aromatic heterocycles. The van der Waals surface area contributed by atoms with E-state index in [9.17, 15) is 4.79 Å². The van der Waals surface area contributed by atoms with Gasteiger partial charge in [-0.25, -0.2) is 4.98 Å². The number of ether oxygens (including phenoxy) is 1. The van der Waals surface area contributed by atoms with Crippen molar-refractivity contribution >= 4 is 40.3 Å². The predicted molar refractivity (Wildman–Crippen MR) is 104 cm³/mol. The van der Waals surface area contributed by atoms with Crippen molar-refractivity contribution in [3.05, 3.63) is 35.4 Å². The lowest BCUT2D eigenvalue weighted by Crippen LogP contribution is -2.33. The highest BCUT2D eigenvalue weighted by Gasteiger charge is 2.16. The fraction of sp³-hybridized carbons (Fsp3) is 0.444. The third-order valence-corrected chi connectivity index (χ3v) is 4.91. The van der Waals surface area contributed by atoms with Gasteiger partial charge in [0.2, 0.25) is 5.91 Å². The zero-order chi connectivity index (χ0) is 18.4. The molecular weight excluding hydrogens is 358 g/mol. The molecule has 0 aliphatic carbocycles. The van der Waals surface area contributed by atoms with Gasteiger partial charge in [-0.05, 0) is 32.0 Å². The first-order chi connectivity index (χ1) is 12.0. The van der Waals surface area contributed by atoms with E-state index in [4.69, 9.17) is 16.3 Å². The summed E-state index contributed by atoms with van der Waals surface area (Å²) in [6, 6.07) is 5.64. The third-order valence-electron chi connectivity index (χ3n) is 3.71. The maximum Gasteiger partial charge on any atom is 0.233 e. The molecule has 2 aromatic rings. The van der Waals surface area contributed by atoms with Crippen LogP contribution in [0.1, 0.15) is 13.8 Å². The Kier molecular flexibility index (Phi) is 7.35. The molecule has 0 aliphatic rings. The average molecular weight is 382 g/mol. The van der Waals surface area contributed by atoms with Crippen molar-refractivity contribution in [3.8, 4) is 0 Å². The zero-order valence-corrected chi connectivity index (χ0v) is 16.5. The van der Waals surface area contributed by atoms with Crippen molar-refractivity contribution in [3.63, 3.8) is 0 Å². The minimum Gasteiger partial charge on any atom is -0.383 e. The SMILES string of the molecule is C=C(C)CN(CC)C(=O)CSc1nc2cc(Cl)ccc2n1CCOC. The molecule has 0 fully saturated rings. The molecule has 0 unspecified atom stereocenters. The van der Waals surface area contributed by atoms with E-state index in [0.717, 1.165) is 21.8 Å². The number of halogens is 1. The van der Waals surface area contributed by atoms with Gasteiger partial charge < -0.3 is 14.2 Å². The van der Waals surface area contributed by atoms with Crippen LogP contribution in [-0.4, -0.2) is 52.9 Å². The van der Waals surface area contributed by atoms with E-state index in [1.807, 2.05) is 32.0 Å². The molecule has 7 heteroatoms. The number of hydrogen-bond acceptors (Lipinski definition) is 4. The first kappa shape index (κ1) is 19.8. The number of thioether (sulfide) groups is 1. The van der Waals surface area contributed by atoms with Crippen molar-refractivity contribution in [1.29, 1.82) is 0 Å². The molecular formula is C18H24ClN3O2S. The van der Waals surface area contributed by atoms with Gasteiger partial charge in [-0.3, -0.25) is 4.79 Å². The summed E-state index contributed by atoms with van der Waals surface area (Å²) in [5.41, 5.74) is 2.79. The van der Waals surface area contributed by atoms with Crippen molar-refractivity contribution in [2.24, 2.45) is 0 Å². The molecule has 1 amide bonds. The van der Waals surface area contributed by atoms with E-state index in [-0.39, 0.29) is 5.91 Å². The van der Waals surface area contributed by atoms with Crippen LogP contribution in [0.25, 0.3) is 11.0 Å². The normalized spacial score (nSPS) is 11.0. The zero-order valence-electron chi connectivity index (χ0n) is 14.9. The highest BCUT2D eigenvalue weighted by atomic mass is 35.5. The highest BCUT2D eigenvalue weighted by Crippen LogP contribution is 2.26. The van der Waals surface area contributed by atoms with Crippen molar-refractivity contribution in [1.82, 2.24) is 14.5 Å². The molecule has 0 saturated carbocycles. The Hall–Kier alpha value is -1.50. The van der Waals surface area contributed by atoms with Gasteiger partial charge in [0.05, 0.1) is 23.4 Å². The summed E-state index contributed by atoms with van der Waals surface area (Å²) >= 11 is 7.51. The Bertz CT molecular complexity index is 760. The Morgan fingerprint density at radius 3 is 2.88 bits per heavy atom. The van der Waals surface area contributed by atoms with Gasteiger partial charge in [0, 0.05) is 31.8 Å². The van der Waals surface area contributed by atoms with Gasteiger partial charge in [-0.2, -0.15) is 0 Å². The molecule has 0 bridgehead atoms. The quantitative estimate of drug-likeness (QED) is 0.489. The summed E-state index contributed by atoms with van der Waals surface area (Å²) in [5, 5.41) is 1.45. The second-order valence-electron chi connectivity index (χ2n) is 5.83. The lowest BCUT2D eigenvalue weighted by atomic mass is 10.3. The number of benzene rings is 1. The molecule has 0 atom stereocenters. The summed E-state index contributed by atoms with van der Waals surface area (Å²) in [6.07, 6.45) is 0. The van der Waals surface area contributed by atoms with Gasteiger partial charge in [0.1, 0.15) is 0 Å². The number of carbonyl (C=O) groups excluding carboxylic acids is 1. The Labute approximate surface area is 158 Å². The molecule has 0 spiro atoms. The van der Waals surface area contributed by atoms with Crippen LogP contribution < -0.4 is 0 Å². The number of methoxy groups -OCH3 is 1.